The molecule has 0 heterocycles. The molecular formula is C12H18N4OS. The van der Waals surface area contributed by atoms with Crippen LogP contribution in [0.5, 0.6) is 0 Å². The van der Waals surface area contributed by atoms with Gasteiger partial charge in [-0.3, -0.25) is 15.6 Å². The molecule has 0 aliphatic heterocycles. The van der Waals surface area contributed by atoms with E-state index in [1.807, 2.05) is 37.2 Å². The number of benzene rings is 1. The first-order valence-corrected chi connectivity index (χ1v) is 6.04. The highest BCUT2D eigenvalue weighted by molar-refractivity contribution is 7.80. The van der Waals surface area contributed by atoms with Crippen LogP contribution in [0.25, 0.3) is 0 Å². The molecule has 0 aliphatic carbocycles. The Morgan fingerprint density at radius 3 is 2.50 bits per heavy atom. The van der Waals surface area contributed by atoms with E-state index in [4.69, 9.17) is 12.2 Å². The van der Waals surface area contributed by atoms with Crippen molar-refractivity contribution in [2.45, 2.75) is 0 Å². The molecular weight excluding hydrogens is 248 g/mol. The predicted octanol–water partition coefficient (Wildman–Crippen LogP) is 0.357. The van der Waals surface area contributed by atoms with E-state index in [9.17, 15) is 4.79 Å². The Hall–Kier alpha value is -1.66. The Morgan fingerprint density at radius 1 is 1.22 bits per heavy atom. The number of hydrogen-bond donors (Lipinski definition) is 3. The van der Waals surface area contributed by atoms with E-state index in [2.05, 4.69) is 16.2 Å². The molecule has 0 unspecified atom stereocenters. The van der Waals surface area contributed by atoms with Crippen molar-refractivity contribution in [1.82, 2.24) is 21.1 Å². The normalized spacial score (nSPS) is 9.94. The first kappa shape index (κ1) is 14.4. The number of nitrogens with one attached hydrogen (secondary N) is 3. The summed E-state index contributed by atoms with van der Waals surface area (Å²) >= 11 is 5.02. The number of hydrogen-bond acceptors (Lipinski definition) is 3. The Labute approximate surface area is 113 Å². The van der Waals surface area contributed by atoms with E-state index in [1.165, 1.54) is 0 Å². The highest BCUT2D eigenvalue weighted by Crippen LogP contribution is 1.96. The van der Waals surface area contributed by atoms with E-state index < -0.39 is 0 Å². The van der Waals surface area contributed by atoms with Gasteiger partial charge in [-0.2, -0.15) is 0 Å². The summed E-state index contributed by atoms with van der Waals surface area (Å²) in [5.41, 5.74) is 5.77. The number of amides is 1. The molecule has 1 aromatic carbocycles. The zero-order chi connectivity index (χ0) is 13.4. The van der Waals surface area contributed by atoms with Crippen molar-refractivity contribution in [2.24, 2.45) is 0 Å². The molecule has 0 saturated heterocycles. The molecule has 18 heavy (non-hydrogen) atoms. The van der Waals surface area contributed by atoms with Crippen molar-refractivity contribution < 1.29 is 4.79 Å². The average Bonchev–Trinajstić information content (AvgIpc) is 2.36. The average molecular weight is 266 g/mol. The highest BCUT2D eigenvalue weighted by Gasteiger charge is 2.03. The van der Waals surface area contributed by atoms with Crippen LogP contribution in [-0.2, 0) is 0 Å². The highest BCUT2D eigenvalue weighted by atomic mass is 32.1. The Balaban J connectivity index is 2.24. The molecule has 1 rings (SSSR count). The lowest BCUT2D eigenvalue weighted by atomic mass is 10.2. The molecule has 0 fully saturated rings. The second kappa shape index (κ2) is 7.62. The minimum Gasteiger partial charge on any atom is -0.360 e. The third-order valence-electron chi connectivity index (χ3n) is 2.17. The van der Waals surface area contributed by atoms with Crippen molar-refractivity contribution >= 4 is 23.2 Å². The van der Waals surface area contributed by atoms with Crippen molar-refractivity contribution in [3.8, 4) is 0 Å². The van der Waals surface area contributed by atoms with Crippen LogP contribution in [0, 0.1) is 0 Å². The lowest BCUT2D eigenvalue weighted by Gasteiger charge is -2.13. The largest absolute Gasteiger partial charge is 0.360 e. The lowest BCUT2D eigenvalue weighted by Crippen LogP contribution is -2.47. The number of thiocarbonyl (C=S) groups is 1. The van der Waals surface area contributed by atoms with Crippen LogP contribution in [0.15, 0.2) is 30.3 Å². The lowest BCUT2D eigenvalue weighted by molar-refractivity contribution is 0.0943. The maximum atomic E-state index is 11.7. The fourth-order valence-electron chi connectivity index (χ4n) is 1.21. The van der Waals surface area contributed by atoms with Gasteiger partial charge in [-0.15, -0.1) is 0 Å². The molecule has 3 N–H and O–H groups in total. The summed E-state index contributed by atoms with van der Waals surface area (Å²) in [7, 11) is 3.96. The molecule has 0 aromatic heterocycles. The van der Waals surface area contributed by atoms with E-state index in [0.717, 1.165) is 13.1 Å². The van der Waals surface area contributed by atoms with Crippen LogP contribution in [0.1, 0.15) is 10.4 Å². The first-order chi connectivity index (χ1) is 8.59. The monoisotopic (exact) mass is 266 g/mol. The van der Waals surface area contributed by atoms with Gasteiger partial charge in [0.15, 0.2) is 5.11 Å². The SMILES string of the molecule is CN(C)CCNC(=S)NNC(=O)c1ccccc1. The van der Waals surface area contributed by atoms with Crippen LogP contribution in [0.4, 0.5) is 0 Å². The molecule has 0 saturated carbocycles. The number of rotatable bonds is 4. The van der Waals surface area contributed by atoms with E-state index in [-0.39, 0.29) is 5.91 Å². The van der Waals surface area contributed by atoms with Crippen molar-refractivity contribution in [3.05, 3.63) is 35.9 Å². The predicted molar refractivity (Wildman–Crippen MR) is 76.2 cm³/mol. The quantitative estimate of drug-likeness (QED) is 0.542. The van der Waals surface area contributed by atoms with E-state index >= 15 is 0 Å². The van der Waals surface area contributed by atoms with Crippen LogP contribution >= 0.6 is 12.2 Å². The molecule has 5 nitrogen and oxygen atoms in total. The van der Waals surface area contributed by atoms with Gasteiger partial charge in [-0.05, 0) is 38.4 Å². The van der Waals surface area contributed by atoms with Crippen molar-refractivity contribution in [2.75, 3.05) is 27.2 Å². The molecule has 98 valence electrons. The number of likely N-dealkylation sites (N-methyl/N-ethyl adjacent to an activating group) is 1. The van der Waals surface area contributed by atoms with Gasteiger partial charge in [-0.1, -0.05) is 18.2 Å². The van der Waals surface area contributed by atoms with Crippen LogP contribution in [0.3, 0.4) is 0 Å². The summed E-state index contributed by atoms with van der Waals surface area (Å²) < 4.78 is 0. The summed E-state index contributed by atoms with van der Waals surface area (Å²) in [5, 5.41) is 3.39. The fraction of sp³-hybridized carbons (Fsp3) is 0.333. The minimum absolute atomic E-state index is 0.215. The number of hydrazine groups is 1. The molecule has 1 amide bonds. The van der Waals surface area contributed by atoms with Gasteiger partial charge in [0.2, 0.25) is 0 Å². The number of nitrogens with zero attached hydrogens (tertiary/aromatic N) is 1. The summed E-state index contributed by atoms with van der Waals surface area (Å²) in [6.45, 7) is 1.59. The van der Waals surface area contributed by atoms with Gasteiger partial charge in [0.05, 0.1) is 0 Å². The second-order valence-corrected chi connectivity index (χ2v) is 4.41. The fourth-order valence-corrected chi connectivity index (χ4v) is 1.37. The molecule has 0 atom stereocenters. The topological polar surface area (TPSA) is 56.4 Å². The Bertz CT molecular complexity index is 394. The molecule has 6 heteroatoms. The summed E-state index contributed by atoms with van der Waals surface area (Å²) in [6, 6.07) is 8.95. The maximum Gasteiger partial charge on any atom is 0.269 e. The first-order valence-electron chi connectivity index (χ1n) is 5.63. The van der Waals surface area contributed by atoms with Gasteiger partial charge < -0.3 is 10.2 Å². The van der Waals surface area contributed by atoms with E-state index in [0.29, 0.717) is 10.7 Å². The molecule has 0 aliphatic rings. The number of carbonyl (C=O) groups is 1. The standard InChI is InChI=1S/C12H18N4OS/c1-16(2)9-8-13-12(18)15-14-11(17)10-6-4-3-5-7-10/h3-7H,8-9H2,1-2H3,(H,14,17)(H2,13,15,18). The molecule has 0 spiro atoms. The zero-order valence-electron chi connectivity index (χ0n) is 10.6. The molecule has 0 radical (unpaired) electrons. The van der Waals surface area contributed by atoms with Gasteiger partial charge in [0.25, 0.3) is 5.91 Å². The van der Waals surface area contributed by atoms with Gasteiger partial charge in [0.1, 0.15) is 0 Å². The van der Waals surface area contributed by atoms with Gasteiger partial charge in [-0.25, -0.2) is 0 Å². The molecule has 1 aromatic rings. The third-order valence-corrected chi connectivity index (χ3v) is 2.42. The van der Waals surface area contributed by atoms with Crippen molar-refractivity contribution in [1.29, 1.82) is 0 Å². The van der Waals surface area contributed by atoms with Crippen LogP contribution in [0.2, 0.25) is 0 Å². The Morgan fingerprint density at radius 2 is 1.89 bits per heavy atom. The minimum atomic E-state index is -0.215. The van der Waals surface area contributed by atoms with Crippen LogP contribution < -0.4 is 16.2 Å². The molecule has 0 bridgehead atoms. The summed E-state index contributed by atoms with van der Waals surface area (Å²) in [5.74, 6) is -0.215. The Kier molecular flexibility index (Phi) is 6.10. The summed E-state index contributed by atoms with van der Waals surface area (Å²) in [6.07, 6.45) is 0. The van der Waals surface area contributed by atoms with Gasteiger partial charge in [0, 0.05) is 18.7 Å². The zero-order valence-corrected chi connectivity index (χ0v) is 11.4. The van der Waals surface area contributed by atoms with Gasteiger partial charge >= 0.3 is 0 Å². The third kappa shape index (κ3) is 5.60. The summed E-state index contributed by atoms with van der Waals surface area (Å²) in [4.78, 5) is 13.7. The van der Waals surface area contributed by atoms with E-state index in [1.54, 1.807) is 12.1 Å². The van der Waals surface area contributed by atoms with Crippen molar-refractivity contribution in [3.63, 3.8) is 0 Å². The number of carbonyl (C=O) groups excluding carboxylic acids is 1. The van der Waals surface area contributed by atoms with Crippen LogP contribution in [-0.4, -0.2) is 43.1 Å². The second-order valence-electron chi connectivity index (χ2n) is 4.00. The maximum absolute atomic E-state index is 11.7. The smallest absolute Gasteiger partial charge is 0.269 e.